The Hall–Kier alpha value is -1.43. The molecule has 14 heavy (non-hydrogen) atoms. The molecule has 0 unspecified atom stereocenters. The summed E-state index contributed by atoms with van der Waals surface area (Å²) in [5, 5.41) is 0. The quantitative estimate of drug-likeness (QED) is 0.607. The summed E-state index contributed by atoms with van der Waals surface area (Å²) in [6.45, 7) is 1.87. The van der Waals surface area contributed by atoms with Crippen LogP contribution in [0.1, 0.15) is 11.1 Å². The molecule has 0 saturated heterocycles. The summed E-state index contributed by atoms with van der Waals surface area (Å²) >= 11 is 0. The zero-order valence-corrected chi connectivity index (χ0v) is 7.57. The molecule has 0 aliphatic heterocycles. The molecule has 0 aliphatic carbocycles. The highest BCUT2D eigenvalue weighted by Gasteiger charge is 2.22. The lowest BCUT2D eigenvalue weighted by Gasteiger charge is -1.95. The minimum Gasteiger partial charge on any atom is -0.159 e. The third-order valence-corrected chi connectivity index (χ3v) is 1.56. The number of alkyl halides is 3. The van der Waals surface area contributed by atoms with Crippen molar-refractivity contribution < 1.29 is 13.2 Å². The summed E-state index contributed by atoms with van der Waals surface area (Å²) in [5.41, 5.74) is 1.70. The average Bonchev–Trinajstić information content (AvgIpc) is 2.06. The summed E-state index contributed by atoms with van der Waals surface area (Å²) in [5.74, 6) is 3.29. The van der Waals surface area contributed by atoms with Crippen LogP contribution in [0.15, 0.2) is 18.2 Å². The van der Waals surface area contributed by atoms with Crippen LogP contribution in [-0.4, -0.2) is 6.18 Å². The Morgan fingerprint density at radius 1 is 1.36 bits per heavy atom. The summed E-state index contributed by atoms with van der Waals surface area (Å²) in [7, 11) is 0. The Morgan fingerprint density at radius 2 is 2.07 bits per heavy atom. The highest BCUT2D eigenvalue weighted by molar-refractivity contribution is 5.24. The molecule has 3 heteroatoms. The maximum Gasteiger partial charge on any atom is 0.457 e. The first kappa shape index (κ1) is 10.6. The van der Waals surface area contributed by atoms with Crippen molar-refractivity contribution in [1.82, 2.24) is 0 Å². The topological polar surface area (TPSA) is 0 Å². The van der Waals surface area contributed by atoms with Crippen LogP contribution in [0, 0.1) is 24.8 Å². The largest absolute Gasteiger partial charge is 0.457 e. The first-order valence-electron chi connectivity index (χ1n) is 4.01. The van der Waals surface area contributed by atoms with Gasteiger partial charge in [-0.05, 0) is 30.2 Å². The van der Waals surface area contributed by atoms with Crippen LogP contribution in [0.4, 0.5) is 13.2 Å². The molecule has 1 aromatic carbocycles. The number of hydrogen-bond donors (Lipinski definition) is 0. The van der Waals surface area contributed by atoms with Crippen molar-refractivity contribution in [2.75, 3.05) is 0 Å². The molecule has 0 bridgehead atoms. The lowest BCUT2D eigenvalue weighted by molar-refractivity contribution is -0.0697. The van der Waals surface area contributed by atoms with Gasteiger partial charge in [0.1, 0.15) is 0 Å². The Morgan fingerprint density at radius 3 is 2.57 bits per heavy atom. The molecule has 0 nitrogen and oxygen atoms in total. The van der Waals surface area contributed by atoms with Crippen LogP contribution in [0.5, 0.6) is 0 Å². The SMILES string of the molecule is Cc1[c]cc(CC#CC(F)(F)F)cc1. The van der Waals surface area contributed by atoms with Gasteiger partial charge < -0.3 is 0 Å². The number of rotatable bonds is 1. The number of aryl methyl sites for hydroxylation is 1. The summed E-state index contributed by atoms with van der Waals surface area (Å²) < 4.78 is 34.9. The van der Waals surface area contributed by atoms with E-state index in [1.165, 1.54) is 5.92 Å². The molecule has 73 valence electrons. The van der Waals surface area contributed by atoms with Crippen molar-refractivity contribution in [3.63, 3.8) is 0 Å². The third-order valence-electron chi connectivity index (χ3n) is 1.56. The van der Waals surface area contributed by atoms with E-state index in [1.807, 2.05) is 6.92 Å². The van der Waals surface area contributed by atoms with Gasteiger partial charge >= 0.3 is 6.18 Å². The zero-order chi connectivity index (χ0) is 10.6. The summed E-state index contributed by atoms with van der Waals surface area (Å²) in [6, 6.07) is 8.09. The van der Waals surface area contributed by atoms with Crippen molar-refractivity contribution in [1.29, 1.82) is 0 Å². The van der Waals surface area contributed by atoms with Gasteiger partial charge in [-0.25, -0.2) is 0 Å². The maximum absolute atomic E-state index is 11.6. The predicted octanol–water partition coefficient (Wildman–Crippen LogP) is 2.90. The molecule has 0 atom stereocenters. The van der Waals surface area contributed by atoms with Gasteiger partial charge in [-0.3, -0.25) is 0 Å². The molecule has 1 radical (unpaired) electrons. The van der Waals surface area contributed by atoms with Crippen molar-refractivity contribution >= 4 is 0 Å². The fraction of sp³-hybridized carbons (Fsp3) is 0.273. The fourth-order valence-electron chi connectivity index (χ4n) is 0.891. The van der Waals surface area contributed by atoms with E-state index in [4.69, 9.17) is 0 Å². The standard InChI is InChI=1S/C11H8F3/c1-9-4-6-10(7-5-9)3-2-8-11(12,13)14/h4,6-7H,3H2,1H3. The van der Waals surface area contributed by atoms with E-state index in [0.29, 0.717) is 0 Å². The van der Waals surface area contributed by atoms with Crippen LogP contribution in [0.3, 0.4) is 0 Å². The Kier molecular flexibility index (Phi) is 3.19. The van der Waals surface area contributed by atoms with Gasteiger partial charge in [0.05, 0.1) is 0 Å². The van der Waals surface area contributed by atoms with Gasteiger partial charge in [-0.2, -0.15) is 13.2 Å². The molecule has 0 amide bonds. The monoisotopic (exact) mass is 197 g/mol. The first-order valence-corrected chi connectivity index (χ1v) is 4.01. The fourth-order valence-corrected chi connectivity index (χ4v) is 0.891. The van der Waals surface area contributed by atoms with E-state index < -0.39 is 6.18 Å². The molecule has 1 aromatic rings. The summed E-state index contributed by atoms with van der Waals surface area (Å²) in [6.07, 6.45) is -4.29. The second-order valence-electron chi connectivity index (χ2n) is 2.86. The zero-order valence-electron chi connectivity index (χ0n) is 7.57. The average molecular weight is 197 g/mol. The van der Waals surface area contributed by atoms with Gasteiger partial charge in [0.25, 0.3) is 0 Å². The first-order chi connectivity index (χ1) is 6.47. The minimum atomic E-state index is -4.39. The van der Waals surface area contributed by atoms with Gasteiger partial charge in [0.15, 0.2) is 0 Å². The smallest absolute Gasteiger partial charge is 0.159 e. The second-order valence-corrected chi connectivity index (χ2v) is 2.86. The van der Waals surface area contributed by atoms with Gasteiger partial charge in [0.2, 0.25) is 0 Å². The number of halogens is 3. The van der Waals surface area contributed by atoms with E-state index in [9.17, 15) is 13.2 Å². The van der Waals surface area contributed by atoms with Crippen LogP contribution in [-0.2, 0) is 6.42 Å². The molecule has 0 N–H and O–H groups in total. The van der Waals surface area contributed by atoms with Crippen molar-refractivity contribution in [3.05, 3.63) is 35.4 Å². The van der Waals surface area contributed by atoms with Crippen LogP contribution < -0.4 is 0 Å². The highest BCUT2D eigenvalue weighted by atomic mass is 19.4. The Balaban J connectivity index is 2.61. The van der Waals surface area contributed by atoms with E-state index in [1.54, 1.807) is 18.2 Å². The minimum absolute atomic E-state index is 0.107. The van der Waals surface area contributed by atoms with Crippen LogP contribution in [0.25, 0.3) is 0 Å². The summed E-state index contributed by atoms with van der Waals surface area (Å²) in [4.78, 5) is 0. The molecular formula is C11H8F3. The Bertz CT molecular complexity index is 349. The van der Waals surface area contributed by atoms with E-state index in [2.05, 4.69) is 12.0 Å². The molecule has 0 aliphatic rings. The third kappa shape index (κ3) is 3.99. The van der Waals surface area contributed by atoms with Gasteiger partial charge in [0, 0.05) is 12.3 Å². The Labute approximate surface area is 80.8 Å². The molecule has 1 rings (SSSR count). The van der Waals surface area contributed by atoms with E-state index in [0.717, 1.165) is 11.1 Å². The van der Waals surface area contributed by atoms with Crippen molar-refractivity contribution in [2.24, 2.45) is 0 Å². The molecule has 0 saturated carbocycles. The second kappa shape index (κ2) is 4.19. The number of hydrogen-bond acceptors (Lipinski definition) is 0. The molecule has 0 fully saturated rings. The van der Waals surface area contributed by atoms with E-state index in [-0.39, 0.29) is 6.42 Å². The van der Waals surface area contributed by atoms with Gasteiger partial charge in [-0.1, -0.05) is 18.1 Å². The highest BCUT2D eigenvalue weighted by Crippen LogP contribution is 2.12. The predicted molar refractivity (Wildman–Crippen MR) is 47.6 cm³/mol. The molecule has 0 aromatic heterocycles. The van der Waals surface area contributed by atoms with E-state index >= 15 is 0 Å². The number of benzene rings is 1. The molecule has 0 heterocycles. The van der Waals surface area contributed by atoms with Gasteiger partial charge in [-0.15, -0.1) is 0 Å². The van der Waals surface area contributed by atoms with Crippen molar-refractivity contribution in [2.45, 2.75) is 19.5 Å². The lowest BCUT2D eigenvalue weighted by atomic mass is 10.1. The van der Waals surface area contributed by atoms with Crippen molar-refractivity contribution in [3.8, 4) is 11.8 Å². The lowest BCUT2D eigenvalue weighted by Crippen LogP contribution is -2.01. The molecule has 0 spiro atoms. The normalized spacial score (nSPS) is 10.6. The maximum atomic E-state index is 11.6. The van der Waals surface area contributed by atoms with Crippen LogP contribution >= 0.6 is 0 Å². The van der Waals surface area contributed by atoms with Crippen LogP contribution in [0.2, 0.25) is 0 Å². The molecular weight excluding hydrogens is 189 g/mol.